The average molecular weight is 249 g/mol. The number of rotatable bonds is 4. The number of amides is 1. The molecule has 2 N–H and O–H groups in total. The number of aromatic hydroxyl groups is 1. The molecule has 2 rings (SSSR count). The third-order valence-corrected chi connectivity index (χ3v) is 3.21. The number of carbonyl (C=O) groups is 1. The van der Waals surface area contributed by atoms with Gasteiger partial charge in [-0.1, -0.05) is 6.07 Å². The molecule has 0 aromatic heterocycles. The van der Waals surface area contributed by atoms with Gasteiger partial charge >= 0.3 is 0 Å². The van der Waals surface area contributed by atoms with Gasteiger partial charge in [0.1, 0.15) is 5.75 Å². The van der Waals surface area contributed by atoms with E-state index in [-0.39, 0.29) is 17.8 Å². The smallest absolute Gasteiger partial charge is 0.224 e. The van der Waals surface area contributed by atoms with Crippen molar-refractivity contribution in [2.75, 3.05) is 11.9 Å². The molecule has 1 aliphatic heterocycles. The molecule has 1 aromatic rings. The first-order chi connectivity index (χ1) is 8.65. The van der Waals surface area contributed by atoms with Gasteiger partial charge in [0.2, 0.25) is 5.91 Å². The maximum Gasteiger partial charge on any atom is 0.224 e. The van der Waals surface area contributed by atoms with Crippen molar-refractivity contribution in [2.24, 2.45) is 0 Å². The van der Waals surface area contributed by atoms with Crippen molar-refractivity contribution in [1.82, 2.24) is 0 Å². The number of benzene rings is 1. The van der Waals surface area contributed by atoms with Gasteiger partial charge in [-0.3, -0.25) is 4.79 Å². The Kier molecular flexibility index (Phi) is 4.20. The van der Waals surface area contributed by atoms with Crippen LogP contribution in [-0.2, 0) is 9.53 Å². The molecule has 1 unspecified atom stereocenters. The molecule has 0 bridgehead atoms. The van der Waals surface area contributed by atoms with Crippen molar-refractivity contribution in [2.45, 2.75) is 38.7 Å². The zero-order valence-corrected chi connectivity index (χ0v) is 10.6. The maximum absolute atomic E-state index is 11.7. The van der Waals surface area contributed by atoms with Crippen molar-refractivity contribution in [3.05, 3.63) is 23.8 Å². The topological polar surface area (TPSA) is 58.6 Å². The third kappa shape index (κ3) is 3.47. The highest BCUT2D eigenvalue weighted by molar-refractivity contribution is 5.90. The summed E-state index contributed by atoms with van der Waals surface area (Å²) in [7, 11) is 0. The van der Waals surface area contributed by atoms with Crippen LogP contribution in [0.2, 0.25) is 0 Å². The average Bonchev–Trinajstić information content (AvgIpc) is 2.84. The van der Waals surface area contributed by atoms with Crippen molar-refractivity contribution < 1.29 is 14.6 Å². The van der Waals surface area contributed by atoms with Crippen LogP contribution in [0.5, 0.6) is 5.75 Å². The van der Waals surface area contributed by atoms with Gasteiger partial charge in [-0.05, 0) is 37.8 Å². The minimum Gasteiger partial charge on any atom is -0.508 e. The van der Waals surface area contributed by atoms with Crippen LogP contribution in [0.4, 0.5) is 5.69 Å². The highest BCUT2D eigenvalue weighted by atomic mass is 16.5. The Morgan fingerprint density at radius 1 is 1.56 bits per heavy atom. The van der Waals surface area contributed by atoms with Gasteiger partial charge in [0, 0.05) is 24.8 Å². The number of anilines is 1. The van der Waals surface area contributed by atoms with Gasteiger partial charge in [0.05, 0.1) is 6.10 Å². The summed E-state index contributed by atoms with van der Waals surface area (Å²) in [6.45, 7) is 2.64. The van der Waals surface area contributed by atoms with Crippen molar-refractivity contribution >= 4 is 11.6 Å². The molecular weight excluding hydrogens is 230 g/mol. The number of ether oxygens (including phenoxy) is 1. The molecule has 0 spiro atoms. The highest BCUT2D eigenvalue weighted by Crippen LogP contribution is 2.21. The molecule has 1 fully saturated rings. The van der Waals surface area contributed by atoms with Crippen molar-refractivity contribution in [3.8, 4) is 5.75 Å². The SMILES string of the molecule is Cc1ccc(NC(=O)CCC2CCCO2)cc1O. The van der Waals surface area contributed by atoms with E-state index in [0.717, 1.165) is 31.4 Å². The fourth-order valence-corrected chi connectivity index (χ4v) is 2.07. The summed E-state index contributed by atoms with van der Waals surface area (Å²) in [5.41, 5.74) is 1.43. The number of phenols is 1. The first-order valence-electron chi connectivity index (χ1n) is 6.36. The van der Waals surface area contributed by atoms with E-state index < -0.39 is 0 Å². The van der Waals surface area contributed by atoms with Crippen molar-refractivity contribution in [3.63, 3.8) is 0 Å². The molecule has 4 heteroatoms. The normalized spacial score (nSPS) is 18.8. The summed E-state index contributed by atoms with van der Waals surface area (Å²) in [6.07, 6.45) is 3.61. The number of hydrogen-bond acceptors (Lipinski definition) is 3. The zero-order valence-electron chi connectivity index (χ0n) is 10.6. The van der Waals surface area contributed by atoms with Crippen LogP contribution in [0, 0.1) is 6.92 Å². The third-order valence-electron chi connectivity index (χ3n) is 3.21. The first-order valence-corrected chi connectivity index (χ1v) is 6.36. The molecule has 0 saturated carbocycles. The van der Waals surface area contributed by atoms with Crippen LogP contribution in [0.15, 0.2) is 18.2 Å². The van der Waals surface area contributed by atoms with E-state index in [9.17, 15) is 9.90 Å². The zero-order chi connectivity index (χ0) is 13.0. The molecule has 1 saturated heterocycles. The minimum absolute atomic E-state index is 0.0336. The monoisotopic (exact) mass is 249 g/mol. The lowest BCUT2D eigenvalue weighted by Gasteiger charge is -2.10. The Bertz CT molecular complexity index is 425. The van der Waals surface area contributed by atoms with E-state index in [4.69, 9.17) is 4.74 Å². The lowest BCUT2D eigenvalue weighted by atomic mass is 10.1. The number of aryl methyl sites for hydroxylation is 1. The van der Waals surface area contributed by atoms with E-state index in [0.29, 0.717) is 12.1 Å². The standard InChI is InChI=1S/C14H19NO3/c1-10-4-5-11(9-13(10)16)15-14(17)7-6-12-3-2-8-18-12/h4-5,9,12,16H,2-3,6-8H2,1H3,(H,15,17). The minimum atomic E-state index is -0.0336. The number of hydrogen-bond donors (Lipinski definition) is 2. The number of phenolic OH excluding ortho intramolecular Hbond substituents is 1. The fraction of sp³-hybridized carbons (Fsp3) is 0.500. The van der Waals surface area contributed by atoms with Crippen LogP contribution < -0.4 is 5.32 Å². The molecule has 1 heterocycles. The Hall–Kier alpha value is -1.55. The predicted octanol–water partition coefficient (Wildman–Crippen LogP) is 2.60. The lowest BCUT2D eigenvalue weighted by Crippen LogP contribution is -2.15. The summed E-state index contributed by atoms with van der Waals surface area (Å²) < 4.78 is 5.47. The fourth-order valence-electron chi connectivity index (χ4n) is 2.07. The Morgan fingerprint density at radius 2 is 2.39 bits per heavy atom. The van der Waals surface area contributed by atoms with Crippen LogP contribution >= 0.6 is 0 Å². The second-order valence-corrected chi connectivity index (χ2v) is 4.72. The second kappa shape index (κ2) is 5.87. The molecule has 4 nitrogen and oxygen atoms in total. The summed E-state index contributed by atoms with van der Waals surface area (Å²) >= 11 is 0. The first kappa shape index (κ1) is 12.9. The molecule has 1 atom stereocenters. The van der Waals surface area contributed by atoms with Gasteiger partial charge in [-0.15, -0.1) is 0 Å². The number of nitrogens with one attached hydrogen (secondary N) is 1. The highest BCUT2D eigenvalue weighted by Gasteiger charge is 2.16. The van der Waals surface area contributed by atoms with Gasteiger partial charge in [0.15, 0.2) is 0 Å². The summed E-state index contributed by atoms with van der Waals surface area (Å²) in [4.78, 5) is 11.7. The van der Waals surface area contributed by atoms with Crippen LogP contribution in [-0.4, -0.2) is 23.7 Å². The van der Waals surface area contributed by atoms with E-state index in [1.165, 1.54) is 0 Å². The lowest BCUT2D eigenvalue weighted by molar-refractivity contribution is -0.116. The van der Waals surface area contributed by atoms with Gasteiger partial charge in [-0.25, -0.2) is 0 Å². The largest absolute Gasteiger partial charge is 0.508 e. The van der Waals surface area contributed by atoms with E-state index in [2.05, 4.69) is 5.32 Å². The predicted molar refractivity (Wildman–Crippen MR) is 69.7 cm³/mol. The van der Waals surface area contributed by atoms with Crippen molar-refractivity contribution in [1.29, 1.82) is 0 Å². The molecule has 98 valence electrons. The Labute approximate surface area is 107 Å². The molecule has 0 radical (unpaired) electrons. The molecule has 1 amide bonds. The Balaban J connectivity index is 1.80. The molecule has 1 aromatic carbocycles. The molecule has 1 aliphatic rings. The molecule has 18 heavy (non-hydrogen) atoms. The second-order valence-electron chi connectivity index (χ2n) is 4.72. The summed E-state index contributed by atoms with van der Waals surface area (Å²) in [5.74, 6) is 0.167. The van der Waals surface area contributed by atoms with Gasteiger partial charge in [0.25, 0.3) is 0 Å². The molecular formula is C14H19NO3. The maximum atomic E-state index is 11.7. The summed E-state index contributed by atoms with van der Waals surface area (Å²) in [6, 6.07) is 5.14. The molecule has 0 aliphatic carbocycles. The van der Waals surface area contributed by atoms with Gasteiger partial charge < -0.3 is 15.2 Å². The van der Waals surface area contributed by atoms with Crippen LogP contribution in [0.25, 0.3) is 0 Å². The summed E-state index contributed by atoms with van der Waals surface area (Å²) in [5, 5.41) is 12.3. The quantitative estimate of drug-likeness (QED) is 0.862. The van der Waals surface area contributed by atoms with E-state index >= 15 is 0 Å². The van der Waals surface area contributed by atoms with E-state index in [1.807, 2.05) is 6.92 Å². The Morgan fingerprint density at radius 3 is 3.06 bits per heavy atom. The van der Waals surface area contributed by atoms with Crippen LogP contribution in [0.1, 0.15) is 31.2 Å². The van der Waals surface area contributed by atoms with Gasteiger partial charge in [-0.2, -0.15) is 0 Å². The van der Waals surface area contributed by atoms with Crippen LogP contribution in [0.3, 0.4) is 0 Å². The van der Waals surface area contributed by atoms with E-state index in [1.54, 1.807) is 18.2 Å². The number of carbonyl (C=O) groups excluding carboxylic acids is 1.